The number of carbonyl (C=O) groups excluding carboxylic acids is 1. The van der Waals surface area contributed by atoms with Gasteiger partial charge in [0.25, 0.3) is 10.0 Å². The maximum absolute atomic E-state index is 12.8. The number of aromatic nitrogens is 4. The van der Waals surface area contributed by atoms with E-state index in [1.54, 1.807) is 42.8 Å². The van der Waals surface area contributed by atoms with Crippen molar-refractivity contribution in [3.63, 3.8) is 0 Å². The topological polar surface area (TPSA) is 143 Å². The third-order valence-corrected chi connectivity index (χ3v) is 7.13. The van der Waals surface area contributed by atoms with Crippen molar-refractivity contribution in [3.8, 4) is 11.4 Å². The summed E-state index contributed by atoms with van der Waals surface area (Å²) in [6, 6.07) is 6.85. The van der Waals surface area contributed by atoms with Gasteiger partial charge in [0.2, 0.25) is 5.91 Å². The number of nitrogens with one attached hydrogen (secondary N) is 2. The van der Waals surface area contributed by atoms with Crippen LogP contribution in [0.5, 0.6) is 0 Å². The number of benzene rings is 1. The summed E-state index contributed by atoms with van der Waals surface area (Å²) in [6.45, 7) is 2.23. The Kier molecular flexibility index (Phi) is 5.50. The number of piperidine rings is 1. The number of rotatable bonds is 5. The smallest absolute Gasteiger partial charge is 0.337 e. The molecule has 11 nitrogen and oxygen atoms in total. The molecule has 0 bridgehead atoms. The molecule has 164 valence electrons. The number of amides is 1. The molecule has 1 aromatic carbocycles. The standard InChI is InChI=1S/C19H22N6O5S/c1-12-20-16(11-24(12)2)31(28,29)25-8-6-13(7-9-25)18(26)21-15-5-3-4-14(10-15)17-22-19(27)30-23-17/h3-5,10-11,13H,6-9H2,1-2H3,(H,21,26)(H,22,23,27). The molecule has 3 heterocycles. The van der Waals surface area contributed by atoms with Gasteiger partial charge in [0.1, 0.15) is 5.82 Å². The van der Waals surface area contributed by atoms with Gasteiger partial charge in [0, 0.05) is 43.5 Å². The molecule has 1 amide bonds. The number of imidazole rings is 1. The normalized spacial score (nSPS) is 15.8. The number of nitrogens with zero attached hydrogens (tertiary/aromatic N) is 4. The van der Waals surface area contributed by atoms with E-state index in [-0.39, 0.29) is 35.8 Å². The molecule has 0 radical (unpaired) electrons. The van der Waals surface area contributed by atoms with Crippen LogP contribution in [0.15, 0.2) is 44.8 Å². The fraction of sp³-hybridized carbons (Fsp3) is 0.368. The fourth-order valence-electron chi connectivity index (χ4n) is 3.48. The average Bonchev–Trinajstić information content (AvgIpc) is 3.34. The Morgan fingerprint density at radius 3 is 2.65 bits per heavy atom. The molecular formula is C19H22N6O5S. The van der Waals surface area contributed by atoms with Crippen LogP contribution in [-0.4, -0.2) is 51.4 Å². The number of anilines is 1. The minimum Gasteiger partial charge on any atom is -0.337 e. The van der Waals surface area contributed by atoms with Crippen molar-refractivity contribution in [3.05, 3.63) is 46.8 Å². The van der Waals surface area contributed by atoms with E-state index in [2.05, 4.69) is 25.0 Å². The highest BCUT2D eigenvalue weighted by Gasteiger charge is 2.33. The minimum absolute atomic E-state index is 0.0260. The van der Waals surface area contributed by atoms with Crippen LogP contribution in [0.25, 0.3) is 11.4 Å². The van der Waals surface area contributed by atoms with Gasteiger partial charge < -0.3 is 9.88 Å². The molecule has 4 rings (SSSR count). The van der Waals surface area contributed by atoms with E-state index in [1.165, 1.54) is 10.5 Å². The van der Waals surface area contributed by atoms with E-state index in [0.717, 1.165) is 0 Å². The van der Waals surface area contributed by atoms with Gasteiger partial charge in [0.05, 0.1) is 0 Å². The molecule has 1 aliphatic heterocycles. The van der Waals surface area contributed by atoms with Crippen LogP contribution in [0.2, 0.25) is 0 Å². The molecule has 1 saturated heterocycles. The number of hydrogen-bond donors (Lipinski definition) is 2. The van der Waals surface area contributed by atoms with Gasteiger partial charge >= 0.3 is 5.76 Å². The molecule has 12 heteroatoms. The molecule has 2 N–H and O–H groups in total. The molecular weight excluding hydrogens is 424 g/mol. The number of H-pyrrole nitrogens is 1. The summed E-state index contributed by atoms with van der Waals surface area (Å²) >= 11 is 0. The quantitative estimate of drug-likeness (QED) is 0.597. The molecule has 3 aromatic rings. The first-order chi connectivity index (χ1) is 14.7. The molecule has 1 fully saturated rings. The molecule has 2 aromatic heterocycles. The van der Waals surface area contributed by atoms with E-state index in [4.69, 9.17) is 0 Å². The van der Waals surface area contributed by atoms with Crippen molar-refractivity contribution < 1.29 is 17.7 Å². The third kappa shape index (κ3) is 4.30. The zero-order valence-corrected chi connectivity index (χ0v) is 17.8. The van der Waals surface area contributed by atoms with Crippen molar-refractivity contribution in [1.29, 1.82) is 0 Å². The highest BCUT2D eigenvalue weighted by atomic mass is 32.2. The number of carbonyl (C=O) groups is 1. The lowest BCUT2D eigenvalue weighted by Gasteiger charge is -2.29. The summed E-state index contributed by atoms with van der Waals surface area (Å²) in [5, 5.41) is 6.51. The highest BCUT2D eigenvalue weighted by molar-refractivity contribution is 7.89. The Balaban J connectivity index is 1.39. The summed E-state index contributed by atoms with van der Waals surface area (Å²) in [4.78, 5) is 30.4. The van der Waals surface area contributed by atoms with Crippen molar-refractivity contribution in [2.24, 2.45) is 13.0 Å². The van der Waals surface area contributed by atoms with Crippen molar-refractivity contribution >= 4 is 21.6 Å². The average molecular weight is 446 g/mol. The molecule has 31 heavy (non-hydrogen) atoms. The van der Waals surface area contributed by atoms with Crippen LogP contribution >= 0.6 is 0 Å². The first kappa shape index (κ1) is 21.0. The molecule has 1 aliphatic rings. The van der Waals surface area contributed by atoms with Crippen molar-refractivity contribution in [2.75, 3.05) is 18.4 Å². The van der Waals surface area contributed by atoms with Gasteiger partial charge in [-0.15, -0.1) is 0 Å². The van der Waals surface area contributed by atoms with Gasteiger partial charge in [-0.25, -0.2) is 18.2 Å². The zero-order valence-electron chi connectivity index (χ0n) is 17.0. The Hall–Kier alpha value is -3.25. The lowest BCUT2D eigenvalue weighted by molar-refractivity contribution is -0.120. The maximum Gasteiger partial charge on any atom is 0.439 e. The predicted molar refractivity (Wildman–Crippen MR) is 111 cm³/mol. The first-order valence-corrected chi connectivity index (χ1v) is 11.2. The Labute approximate surface area is 178 Å². The molecule has 0 saturated carbocycles. The second-order valence-electron chi connectivity index (χ2n) is 7.43. The summed E-state index contributed by atoms with van der Waals surface area (Å²) in [7, 11) is -1.94. The lowest BCUT2D eigenvalue weighted by atomic mass is 9.97. The van der Waals surface area contributed by atoms with Crippen molar-refractivity contribution in [1.82, 2.24) is 24.0 Å². The molecule has 0 atom stereocenters. The zero-order chi connectivity index (χ0) is 22.2. The monoisotopic (exact) mass is 446 g/mol. The fourth-order valence-corrected chi connectivity index (χ4v) is 4.98. The predicted octanol–water partition coefficient (Wildman–Crippen LogP) is 1.11. The van der Waals surface area contributed by atoms with Gasteiger partial charge in [-0.05, 0) is 31.9 Å². The second kappa shape index (κ2) is 8.12. The summed E-state index contributed by atoms with van der Waals surface area (Å²) in [5.74, 6) is -0.273. The van der Waals surface area contributed by atoms with E-state index in [9.17, 15) is 18.0 Å². The third-order valence-electron chi connectivity index (χ3n) is 5.36. The van der Waals surface area contributed by atoms with E-state index in [0.29, 0.717) is 29.9 Å². The Bertz CT molecular complexity index is 1250. The second-order valence-corrected chi connectivity index (χ2v) is 9.31. The SMILES string of the molecule is Cc1nc(S(=O)(=O)N2CCC(C(=O)Nc3cccc(-c4noc(=O)[nH]4)c3)CC2)cn1C. The minimum atomic E-state index is -3.68. The van der Waals surface area contributed by atoms with Crippen LogP contribution in [-0.2, 0) is 21.9 Å². The van der Waals surface area contributed by atoms with E-state index >= 15 is 0 Å². The Morgan fingerprint density at radius 1 is 1.29 bits per heavy atom. The first-order valence-electron chi connectivity index (χ1n) is 9.71. The number of hydrogen-bond acceptors (Lipinski definition) is 7. The van der Waals surface area contributed by atoms with Crippen LogP contribution < -0.4 is 11.1 Å². The van der Waals surface area contributed by atoms with Crippen LogP contribution in [0.1, 0.15) is 18.7 Å². The number of aromatic amines is 1. The number of sulfonamides is 1. The maximum atomic E-state index is 12.8. The molecule has 0 spiro atoms. The summed E-state index contributed by atoms with van der Waals surface area (Å²) < 4.78 is 33.2. The molecule has 0 aliphatic carbocycles. The van der Waals surface area contributed by atoms with Crippen LogP contribution in [0.4, 0.5) is 5.69 Å². The van der Waals surface area contributed by atoms with E-state index < -0.39 is 15.8 Å². The van der Waals surface area contributed by atoms with Gasteiger partial charge in [-0.2, -0.15) is 4.31 Å². The summed E-state index contributed by atoms with van der Waals surface area (Å²) in [6.07, 6.45) is 2.32. The van der Waals surface area contributed by atoms with Crippen LogP contribution in [0, 0.1) is 12.8 Å². The van der Waals surface area contributed by atoms with Crippen molar-refractivity contribution in [2.45, 2.75) is 24.8 Å². The highest BCUT2D eigenvalue weighted by Crippen LogP contribution is 2.25. The van der Waals surface area contributed by atoms with Gasteiger partial charge in [-0.3, -0.25) is 14.3 Å². The lowest BCUT2D eigenvalue weighted by Crippen LogP contribution is -2.41. The van der Waals surface area contributed by atoms with Crippen LogP contribution in [0.3, 0.4) is 0 Å². The molecule has 0 unspecified atom stereocenters. The number of aryl methyl sites for hydroxylation is 2. The Morgan fingerprint density at radius 2 is 2.03 bits per heavy atom. The van der Waals surface area contributed by atoms with Gasteiger partial charge in [0.15, 0.2) is 10.9 Å². The van der Waals surface area contributed by atoms with E-state index in [1.807, 2.05) is 0 Å². The summed E-state index contributed by atoms with van der Waals surface area (Å²) in [5.41, 5.74) is 1.14. The van der Waals surface area contributed by atoms with Gasteiger partial charge in [-0.1, -0.05) is 17.3 Å². The largest absolute Gasteiger partial charge is 0.439 e.